The van der Waals surface area contributed by atoms with E-state index in [2.05, 4.69) is 27.7 Å². The Bertz CT molecular complexity index is 254. The molecule has 0 aromatic heterocycles. The average molecular weight is 198 g/mol. The molecule has 2 rings (SSSR count). The molecule has 1 unspecified atom stereocenters. The molecule has 4 atom stereocenters. The number of carbonyl (C=O) groups excluding carboxylic acids is 1. The number of ether oxygens (including phenoxy) is 2. The number of hydrogen-bond acceptors (Lipinski definition) is 3. The zero-order valence-corrected chi connectivity index (χ0v) is 9.24. The maximum atomic E-state index is 11.1. The Labute approximate surface area is 84.8 Å². The van der Waals surface area contributed by atoms with Crippen LogP contribution in [0.4, 0.5) is 0 Å². The zero-order valence-electron chi connectivity index (χ0n) is 9.24. The van der Waals surface area contributed by atoms with Gasteiger partial charge in [-0.05, 0) is 12.3 Å². The third kappa shape index (κ3) is 1.44. The molecule has 3 nitrogen and oxygen atoms in total. The first-order valence-electron chi connectivity index (χ1n) is 5.24. The molecule has 0 radical (unpaired) electrons. The smallest absolute Gasteiger partial charge is 0.308 e. The fourth-order valence-electron chi connectivity index (χ4n) is 2.81. The summed E-state index contributed by atoms with van der Waals surface area (Å²) >= 11 is 0. The quantitative estimate of drug-likeness (QED) is 0.556. The van der Waals surface area contributed by atoms with Crippen molar-refractivity contribution in [1.29, 1.82) is 0 Å². The van der Waals surface area contributed by atoms with E-state index in [9.17, 15) is 4.79 Å². The normalized spacial score (nSPS) is 42.4. The van der Waals surface area contributed by atoms with Crippen LogP contribution in [0.5, 0.6) is 0 Å². The van der Waals surface area contributed by atoms with Gasteiger partial charge in [0.25, 0.3) is 0 Å². The van der Waals surface area contributed by atoms with Gasteiger partial charge in [0, 0.05) is 5.92 Å². The van der Waals surface area contributed by atoms with Crippen molar-refractivity contribution in [1.82, 2.24) is 0 Å². The van der Waals surface area contributed by atoms with Gasteiger partial charge in [0.2, 0.25) is 0 Å². The second-order valence-corrected chi connectivity index (χ2v) is 5.43. The van der Waals surface area contributed by atoms with Gasteiger partial charge in [0.15, 0.2) is 0 Å². The van der Waals surface area contributed by atoms with Crippen LogP contribution in [0.15, 0.2) is 0 Å². The fourth-order valence-corrected chi connectivity index (χ4v) is 2.81. The summed E-state index contributed by atoms with van der Waals surface area (Å²) in [6.45, 7) is 8.59. The lowest BCUT2D eigenvalue weighted by Crippen LogP contribution is -2.36. The van der Waals surface area contributed by atoms with Crippen LogP contribution < -0.4 is 0 Å². The van der Waals surface area contributed by atoms with Crippen molar-refractivity contribution in [3.63, 3.8) is 0 Å². The molecule has 2 aliphatic rings. The first kappa shape index (κ1) is 9.97. The lowest BCUT2D eigenvalue weighted by molar-refractivity contribution is -0.144. The maximum Gasteiger partial charge on any atom is 0.308 e. The summed E-state index contributed by atoms with van der Waals surface area (Å²) in [6.07, 6.45) is 0.610. The highest BCUT2D eigenvalue weighted by Crippen LogP contribution is 2.44. The third-order valence-electron chi connectivity index (χ3n) is 3.25. The number of hydrogen-bond donors (Lipinski definition) is 0. The molecule has 0 amide bonds. The highest BCUT2D eigenvalue weighted by Gasteiger charge is 2.53. The predicted molar refractivity (Wildman–Crippen MR) is 51.8 cm³/mol. The van der Waals surface area contributed by atoms with E-state index in [1.165, 1.54) is 0 Å². The van der Waals surface area contributed by atoms with Crippen molar-refractivity contribution in [3.8, 4) is 0 Å². The molecular formula is C11H18O3. The van der Waals surface area contributed by atoms with E-state index in [0.717, 1.165) is 0 Å². The fraction of sp³-hybridized carbons (Fsp3) is 0.909. The molecule has 2 heterocycles. The second kappa shape index (κ2) is 2.96. The molecule has 2 aliphatic heterocycles. The van der Waals surface area contributed by atoms with E-state index in [-0.39, 0.29) is 29.7 Å². The van der Waals surface area contributed by atoms with Gasteiger partial charge >= 0.3 is 5.97 Å². The van der Waals surface area contributed by atoms with Crippen LogP contribution in [-0.2, 0) is 14.3 Å². The van der Waals surface area contributed by atoms with Crippen molar-refractivity contribution in [2.45, 2.75) is 52.4 Å². The van der Waals surface area contributed by atoms with Crippen LogP contribution >= 0.6 is 0 Å². The highest BCUT2D eigenvalue weighted by atomic mass is 16.6. The van der Waals surface area contributed by atoms with Crippen LogP contribution in [0.2, 0.25) is 0 Å². The van der Waals surface area contributed by atoms with Gasteiger partial charge in [-0.3, -0.25) is 4.79 Å². The van der Waals surface area contributed by atoms with Gasteiger partial charge in [-0.1, -0.05) is 20.8 Å². The topological polar surface area (TPSA) is 35.5 Å². The Morgan fingerprint density at radius 1 is 1.36 bits per heavy atom. The molecule has 0 saturated carbocycles. The Morgan fingerprint density at radius 3 is 2.57 bits per heavy atom. The molecule has 0 aromatic carbocycles. The lowest BCUT2D eigenvalue weighted by atomic mass is 9.75. The van der Waals surface area contributed by atoms with E-state index in [1.54, 1.807) is 0 Å². The van der Waals surface area contributed by atoms with Gasteiger partial charge in [0.05, 0.1) is 12.5 Å². The first-order valence-corrected chi connectivity index (χ1v) is 5.24. The molecule has 0 aliphatic carbocycles. The van der Waals surface area contributed by atoms with E-state index in [0.29, 0.717) is 12.3 Å². The van der Waals surface area contributed by atoms with Gasteiger partial charge < -0.3 is 9.47 Å². The largest absolute Gasteiger partial charge is 0.459 e. The van der Waals surface area contributed by atoms with E-state index in [4.69, 9.17) is 9.47 Å². The Balaban J connectivity index is 2.20. The maximum absolute atomic E-state index is 11.1. The molecule has 0 bridgehead atoms. The summed E-state index contributed by atoms with van der Waals surface area (Å²) in [5.74, 6) is 0.208. The summed E-state index contributed by atoms with van der Waals surface area (Å²) in [6, 6.07) is 0. The van der Waals surface area contributed by atoms with Crippen molar-refractivity contribution in [3.05, 3.63) is 0 Å². The molecule has 3 heteroatoms. The number of fused-ring (bicyclic) bond motifs is 1. The van der Waals surface area contributed by atoms with Gasteiger partial charge in [-0.15, -0.1) is 0 Å². The third-order valence-corrected chi connectivity index (χ3v) is 3.25. The summed E-state index contributed by atoms with van der Waals surface area (Å²) in [5.41, 5.74) is 0.128. The van der Waals surface area contributed by atoms with Crippen LogP contribution in [0, 0.1) is 11.3 Å². The Morgan fingerprint density at radius 2 is 2.00 bits per heavy atom. The van der Waals surface area contributed by atoms with Crippen molar-refractivity contribution in [2.24, 2.45) is 11.3 Å². The monoisotopic (exact) mass is 198 g/mol. The van der Waals surface area contributed by atoms with Crippen molar-refractivity contribution < 1.29 is 14.3 Å². The van der Waals surface area contributed by atoms with Crippen molar-refractivity contribution >= 4 is 5.97 Å². The minimum Gasteiger partial charge on any atom is -0.459 e. The van der Waals surface area contributed by atoms with Crippen molar-refractivity contribution in [2.75, 3.05) is 0 Å². The van der Waals surface area contributed by atoms with Crippen LogP contribution in [-0.4, -0.2) is 24.3 Å². The molecule has 14 heavy (non-hydrogen) atoms. The molecule has 0 spiro atoms. The molecular weight excluding hydrogens is 180 g/mol. The van der Waals surface area contributed by atoms with E-state index in [1.807, 2.05) is 0 Å². The Kier molecular flexibility index (Phi) is 2.11. The summed E-state index contributed by atoms with van der Waals surface area (Å²) in [5, 5.41) is 0. The van der Waals surface area contributed by atoms with Crippen LogP contribution in [0.3, 0.4) is 0 Å². The minimum absolute atomic E-state index is 0.00160. The van der Waals surface area contributed by atoms with Gasteiger partial charge in [-0.25, -0.2) is 0 Å². The molecule has 0 aromatic rings. The SMILES string of the molecule is CC1O[C@H]2CC(=O)O[C@H]2[C@H]1C(C)(C)C. The van der Waals surface area contributed by atoms with E-state index < -0.39 is 0 Å². The number of esters is 1. The standard InChI is InChI=1S/C11H18O3/c1-6-9(11(2,3)4)10-7(13-6)5-8(12)14-10/h6-7,9-10H,5H2,1-4H3/t6?,7-,9-,10+/m0/s1. The van der Waals surface area contributed by atoms with Crippen LogP contribution in [0.1, 0.15) is 34.1 Å². The highest BCUT2D eigenvalue weighted by molar-refractivity contribution is 5.72. The molecule has 2 fully saturated rings. The van der Waals surface area contributed by atoms with Crippen LogP contribution in [0.25, 0.3) is 0 Å². The summed E-state index contributed by atoms with van der Waals surface area (Å²) < 4.78 is 11.1. The van der Waals surface area contributed by atoms with Gasteiger partial charge in [-0.2, -0.15) is 0 Å². The second-order valence-electron chi connectivity index (χ2n) is 5.43. The Hall–Kier alpha value is -0.570. The zero-order chi connectivity index (χ0) is 10.5. The number of rotatable bonds is 0. The average Bonchev–Trinajstić information content (AvgIpc) is 2.38. The molecule has 2 saturated heterocycles. The minimum atomic E-state index is -0.110. The summed E-state index contributed by atoms with van der Waals surface area (Å²) in [4.78, 5) is 11.1. The first-order chi connectivity index (χ1) is 6.39. The molecule has 80 valence electrons. The lowest BCUT2D eigenvalue weighted by Gasteiger charge is -2.32. The summed E-state index contributed by atoms with van der Waals surface area (Å²) in [7, 11) is 0. The predicted octanol–water partition coefficient (Wildman–Crippen LogP) is 1.75. The van der Waals surface area contributed by atoms with E-state index >= 15 is 0 Å². The molecule has 0 N–H and O–H groups in total. The van der Waals surface area contributed by atoms with Gasteiger partial charge in [0.1, 0.15) is 12.2 Å². The number of carbonyl (C=O) groups is 1.